The highest BCUT2D eigenvalue weighted by molar-refractivity contribution is 7.54. The van der Waals surface area contributed by atoms with Crippen molar-refractivity contribution in [3.8, 4) is 11.5 Å². The van der Waals surface area contributed by atoms with Crippen LogP contribution in [0.3, 0.4) is 0 Å². The second-order valence-electron chi connectivity index (χ2n) is 11.7. The van der Waals surface area contributed by atoms with E-state index in [1.807, 2.05) is 127 Å². The highest BCUT2D eigenvalue weighted by Gasteiger charge is 2.47. The molecule has 0 amide bonds. The van der Waals surface area contributed by atoms with Gasteiger partial charge in [0.25, 0.3) is 0 Å². The van der Waals surface area contributed by atoms with Crippen LogP contribution in [0.1, 0.15) is 23.1 Å². The van der Waals surface area contributed by atoms with E-state index in [0.717, 1.165) is 16.7 Å². The Hall–Kier alpha value is -4.23. The highest BCUT2D eigenvalue weighted by Crippen LogP contribution is 2.50. The predicted octanol–water partition coefficient (Wildman–Crippen LogP) is 8.88. The van der Waals surface area contributed by atoms with Crippen molar-refractivity contribution >= 4 is 7.60 Å². The van der Waals surface area contributed by atoms with Crippen LogP contribution in [0.15, 0.2) is 152 Å². The predicted molar refractivity (Wildman–Crippen MR) is 186 cm³/mol. The molecule has 5 aromatic carbocycles. The summed E-state index contributed by atoms with van der Waals surface area (Å²) in [5.74, 6) is 0.939. The van der Waals surface area contributed by atoms with Gasteiger partial charge in [0.05, 0.1) is 38.7 Å². The van der Waals surface area contributed by atoms with Crippen LogP contribution in [0.4, 0.5) is 0 Å². The zero-order valence-electron chi connectivity index (χ0n) is 26.8. The van der Waals surface area contributed by atoms with Gasteiger partial charge in [0.1, 0.15) is 29.8 Å². The second-order valence-corrected chi connectivity index (χ2v) is 13.7. The third-order valence-corrected chi connectivity index (χ3v) is 9.82. The molecule has 4 atom stereocenters. The minimum atomic E-state index is -3.69. The summed E-state index contributed by atoms with van der Waals surface area (Å²) in [6.07, 6.45) is -1.37. The Balaban J connectivity index is 1.23. The number of rotatable bonds is 17. The first-order chi connectivity index (χ1) is 23.6. The fourth-order valence-electron chi connectivity index (χ4n) is 5.65. The Morgan fingerprint density at radius 2 is 0.896 bits per heavy atom. The maximum absolute atomic E-state index is 14.4. The quantitative estimate of drug-likeness (QED) is 0.0920. The molecule has 48 heavy (non-hydrogen) atoms. The molecule has 5 aromatic rings. The van der Waals surface area contributed by atoms with Crippen LogP contribution in [-0.2, 0) is 43.3 Å². The normalized spacial score (nSPS) is 19.2. The Kier molecular flexibility index (Phi) is 12.1. The minimum Gasteiger partial charge on any atom is -0.416 e. The van der Waals surface area contributed by atoms with Gasteiger partial charge in [0.2, 0.25) is 0 Å². The fourth-order valence-corrected chi connectivity index (χ4v) is 7.33. The molecule has 1 aliphatic rings. The van der Waals surface area contributed by atoms with Crippen molar-refractivity contribution in [1.29, 1.82) is 0 Å². The Labute approximate surface area is 282 Å². The standard InChI is InChI=1S/C40H41O7P/c41-48(46-35-22-12-4-13-23-35,47-36-24-14-5-15-25-36)27-26-37-39(43-29-33-18-8-2-9-19-33)40(44-30-34-20-10-3-11-21-34)38(45-37)31-42-28-32-16-6-1-7-17-32/h1-25,37-40H,26-31H2/t37-,38-,39-,40-/m1/s1. The lowest BCUT2D eigenvalue weighted by atomic mass is 10.1. The maximum atomic E-state index is 14.4. The van der Waals surface area contributed by atoms with Crippen LogP contribution in [0.25, 0.3) is 0 Å². The van der Waals surface area contributed by atoms with Gasteiger partial charge >= 0.3 is 7.60 Å². The van der Waals surface area contributed by atoms with Crippen molar-refractivity contribution in [3.05, 3.63) is 168 Å². The van der Waals surface area contributed by atoms with E-state index in [2.05, 4.69) is 0 Å². The number of hydrogen-bond donors (Lipinski definition) is 0. The molecule has 0 N–H and O–H groups in total. The summed E-state index contributed by atoms with van der Waals surface area (Å²) in [6, 6.07) is 48.3. The third kappa shape index (κ3) is 9.89. The molecular weight excluding hydrogens is 623 g/mol. The number of para-hydroxylation sites is 2. The van der Waals surface area contributed by atoms with E-state index in [9.17, 15) is 4.57 Å². The molecule has 1 saturated heterocycles. The van der Waals surface area contributed by atoms with Gasteiger partial charge in [-0.2, -0.15) is 0 Å². The zero-order chi connectivity index (χ0) is 32.9. The first kappa shape index (κ1) is 33.7. The van der Waals surface area contributed by atoms with E-state index in [0.29, 0.717) is 44.3 Å². The molecule has 6 rings (SSSR count). The Bertz CT molecular complexity index is 1630. The van der Waals surface area contributed by atoms with E-state index in [1.165, 1.54) is 0 Å². The van der Waals surface area contributed by atoms with E-state index in [-0.39, 0.29) is 6.16 Å². The molecule has 0 spiro atoms. The van der Waals surface area contributed by atoms with E-state index >= 15 is 0 Å². The van der Waals surface area contributed by atoms with Crippen LogP contribution in [0.5, 0.6) is 11.5 Å². The average Bonchev–Trinajstić information content (AvgIpc) is 3.47. The monoisotopic (exact) mass is 664 g/mol. The summed E-state index contributed by atoms with van der Waals surface area (Å²) in [7, 11) is -3.69. The van der Waals surface area contributed by atoms with Gasteiger partial charge in [0.15, 0.2) is 0 Å². The van der Waals surface area contributed by atoms with Crippen LogP contribution in [0, 0.1) is 0 Å². The summed E-state index contributed by atoms with van der Waals surface area (Å²) in [5.41, 5.74) is 3.15. The topological polar surface area (TPSA) is 72.5 Å². The van der Waals surface area contributed by atoms with Crippen molar-refractivity contribution in [2.45, 2.75) is 50.7 Å². The number of benzene rings is 5. The number of hydrogen-bond acceptors (Lipinski definition) is 7. The van der Waals surface area contributed by atoms with Crippen LogP contribution in [0.2, 0.25) is 0 Å². The Morgan fingerprint density at radius 1 is 0.500 bits per heavy atom. The van der Waals surface area contributed by atoms with Gasteiger partial charge in [-0.15, -0.1) is 0 Å². The molecular formula is C40H41O7P. The van der Waals surface area contributed by atoms with Crippen molar-refractivity contribution in [2.24, 2.45) is 0 Å². The molecule has 1 heterocycles. The first-order valence-electron chi connectivity index (χ1n) is 16.3. The smallest absolute Gasteiger partial charge is 0.416 e. The number of ether oxygens (including phenoxy) is 4. The van der Waals surface area contributed by atoms with Gasteiger partial charge in [-0.1, -0.05) is 127 Å². The van der Waals surface area contributed by atoms with Crippen LogP contribution >= 0.6 is 7.60 Å². The zero-order valence-corrected chi connectivity index (χ0v) is 27.7. The van der Waals surface area contributed by atoms with E-state index < -0.39 is 32.0 Å². The lowest BCUT2D eigenvalue weighted by molar-refractivity contribution is -0.0898. The SMILES string of the molecule is O=P(CC[C@H]1O[C@H](COCc2ccccc2)[C@@H](OCc2ccccc2)[C@@H]1OCc1ccccc1)(Oc1ccccc1)Oc1ccccc1. The molecule has 1 aliphatic heterocycles. The van der Waals surface area contributed by atoms with Crippen LogP contribution < -0.4 is 9.05 Å². The van der Waals surface area contributed by atoms with Crippen LogP contribution in [-0.4, -0.2) is 37.2 Å². The van der Waals surface area contributed by atoms with Gasteiger partial charge in [-0.25, -0.2) is 4.57 Å². The molecule has 0 aliphatic carbocycles. The lowest BCUT2D eigenvalue weighted by Crippen LogP contribution is -2.39. The summed E-state index contributed by atoms with van der Waals surface area (Å²) < 4.78 is 52.7. The van der Waals surface area contributed by atoms with Crippen molar-refractivity contribution in [1.82, 2.24) is 0 Å². The lowest BCUT2D eigenvalue weighted by Gasteiger charge is -2.26. The average molecular weight is 665 g/mol. The van der Waals surface area contributed by atoms with E-state index in [4.69, 9.17) is 28.0 Å². The summed E-state index contributed by atoms with van der Waals surface area (Å²) in [4.78, 5) is 0. The van der Waals surface area contributed by atoms with Crippen molar-refractivity contribution in [2.75, 3.05) is 12.8 Å². The molecule has 0 unspecified atom stereocenters. The first-order valence-corrected chi connectivity index (χ1v) is 18.0. The molecule has 248 valence electrons. The maximum Gasteiger partial charge on any atom is 0.430 e. The summed E-state index contributed by atoms with van der Waals surface area (Å²) >= 11 is 0. The Morgan fingerprint density at radius 3 is 1.35 bits per heavy atom. The van der Waals surface area contributed by atoms with E-state index in [1.54, 1.807) is 24.3 Å². The molecule has 0 aromatic heterocycles. The van der Waals surface area contributed by atoms with Crippen molar-refractivity contribution < 1.29 is 32.6 Å². The molecule has 0 radical (unpaired) electrons. The minimum absolute atomic E-state index is 0.0929. The van der Waals surface area contributed by atoms with Gasteiger partial charge in [0, 0.05) is 0 Å². The summed E-state index contributed by atoms with van der Waals surface area (Å²) in [6.45, 7) is 1.49. The van der Waals surface area contributed by atoms with Gasteiger partial charge in [-0.05, 0) is 47.4 Å². The molecule has 0 saturated carbocycles. The molecule has 8 heteroatoms. The summed E-state index contributed by atoms with van der Waals surface area (Å²) in [5, 5.41) is 0. The van der Waals surface area contributed by atoms with Crippen molar-refractivity contribution in [3.63, 3.8) is 0 Å². The third-order valence-electron chi connectivity index (χ3n) is 8.03. The van der Waals surface area contributed by atoms with Gasteiger partial charge in [-0.3, -0.25) is 0 Å². The second kappa shape index (κ2) is 17.3. The molecule has 0 bridgehead atoms. The van der Waals surface area contributed by atoms with Gasteiger partial charge < -0.3 is 28.0 Å². The largest absolute Gasteiger partial charge is 0.430 e. The molecule has 1 fully saturated rings. The highest BCUT2D eigenvalue weighted by atomic mass is 31.2. The molecule has 7 nitrogen and oxygen atoms in total. The fraction of sp³-hybridized carbons (Fsp3) is 0.250.